The molecule has 6 nitrogen and oxygen atoms in total. The molecule has 0 saturated carbocycles. The lowest BCUT2D eigenvalue weighted by atomic mass is 9.73. The Labute approximate surface area is 180 Å². The maximum Gasteiger partial charge on any atom is 0.405 e. The Morgan fingerprint density at radius 3 is 2.61 bits per heavy atom. The molecule has 6 rings (SSSR count). The average Bonchev–Trinajstić information content (AvgIpc) is 3.18. The normalized spacial score (nSPS) is 24.8. The lowest BCUT2D eigenvalue weighted by Crippen LogP contribution is -2.49. The summed E-state index contributed by atoms with van der Waals surface area (Å²) >= 11 is 0. The second kappa shape index (κ2) is 7.64. The fourth-order valence-corrected chi connectivity index (χ4v) is 5.33. The molecule has 2 N–H and O–H groups in total. The Hall–Kier alpha value is -2.93. The first kappa shape index (κ1) is 20.0. The molecular weight excluding hydrogens is 395 g/mol. The monoisotopic (exact) mass is 422 g/mol. The zero-order valence-corrected chi connectivity index (χ0v) is 17.6. The van der Waals surface area contributed by atoms with Crippen molar-refractivity contribution in [1.82, 2.24) is 14.7 Å². The number of primary amides is 1. The summed E-state index contributed by atoms with van der Waals surface area (Å²) in [6, 6.07) is 12.2. The lowest BCUT2D eigenvalue weighted by molar-refractivity contribution is -0.0325. The van der Waals surface area contributed by atoms with Crippen molar-refractivity contribution in [3.63, 3.8) is 0 Å². The smallest absolute Gasteiger partial charge is 0.405 e. The summed E-state index contributed by atoms with van der Waals surface area (Å²) in [5, 5.41) is 5.62. The van der Waals surface area contributed by atoms with Gasteiger partial charge in [0.25, 0.3) is 0 Å². The predicted octanol–water partition coefficient (Wildman–Crippen LogP) is 4.21. The fourth-order valence-electron chi connectivity index (χ4n) is 5.33. The third kappa shape index (κ3) is 3.90. The van der Waals surface area contributed by atoms with Crippen LogP contribution >= 0.6 is 0 Å². The van der Waals surface area contributed by atoms with Gasteiger partial charge in [-0.05, 0) is 87.0 Å². The van der Waals surface area contributed by atoms with E-state index in [1.807, 2.05) is 31.3 Å². The van der Waals surface area contributed by atoms with Crippen molar-refractivity contribution in [2.75, 3.05) is 19.6 Å². The van der Waals surface area contributed by atoms with E-state index in [2.05, 4.69) is 10.00 Å². The van der Waals surface area contributed by atoms with Crippen LogP contribution in [0.2, 0.25) is 0 Å². The van der Waals surface area contributed by atoms with Crippen LogP contribution in [-0.4, -0.2) is 40.4 Å². The number of nitrogens with two attached hydrogens (primary N) is 1. The number of carbonyl (C=O) groups is 1. The molecule has 2 unspecified atom stereocenters. The largest absolute Gasteiger partial charge is 0.438 e. The topological polar surface area (TPSA) is 73.4 Å². The summed E-state index contributed by atoms with van der Waals surface area (Å²) in [4.78, 5) is 14.3. The first-order chi connectivity index (χ1) is 14.9. The number of fused-ring (bicyclic) bond motifs is 4. The SMILES string of the molecule is CC(CC1CN2CCC1CC2)(OC(N)=O)c1ccc2cn(-c3ccc(F)cc3)nc2c1. The van der Waals surface area contributed by atoms with Gasteiger partial charge in [0.15, 0.2) is 0 Å². The molecule has 31 heavy (non-hydrogen) atoms. The molecule has 2 atom stereocenters. The summed E-state index contributed by atoms with van der Waals surface area (Å²) in [5.74, 6) is 0.858. The fraction of sp³-hybridized carbons (Fsp3) is 0.417. The van der Waals surface area contributed by atoms with Gasteiger partial charge >= 0.3 is 6.09 Å². The van der Waals surface area contributed by atoms with E-state index >= 15 is 0 Å². The molecule has 162 valence electrons. The molecule has 3 saturated heterocycles. The van der Waals surface area contributed by atoms with Gasteiger partial charge in [0.1, 0.15) is 11.4 Å². The summed E-state index contributed by atoms with van der Waals surface area (Å²) in [5.41, 5.74) is 7.12. The number of hydrogen-bond donors (Lipinski definition) is 1. The molecule has 3 aliphatic rings. The number of carbonyl (C=O) groups excluding carboxylic acids is 1. The number of piperidine rings is 3. The molecule has 0 spiro atoms. The van der Waals surface area contributed by atoms with Gasteiger partial charge in [0.05, 0.1) is 11.2 Å². The van der Waals surface area contributed by atoms with E-state index in [0.717, 1.165) is 35.1 Å². The van der Waals surface area contributed by atoms with Crippen LogP contribution in [0.3, 0.4) is 0 Å². The standard InChI is InChI=1S/C24H27FN4O2/c1-24(31-23(26)30,13-18-14-28-10-8-16(18)9-11-28)19-3-2-17-15-29(27-22(17)12-19)21-6-4-20(25)5-7-21/h2-7,12,15-16,18H,8-11,13-14H2,1H3,(H2,26,30). The van der Waals surface area contributed by atoms with Crippen LogP contribution in [0.1, 0.15) is 31.7 Å². The highest BCUT2D eigenvalue weighted by molar-refractivity contribution is 5.79. The highest BCUT2D eigenvalue weighted by atomic mass is 19.1. The predicted molar refractivity (Wildman–Crippen MR) is 116 cm³/mol. The Balaban J connectivity index is 1.47. The Kier molecular flexibility index (Phi) is 4.93. The zero-order valence-electron chi connectivity index (χ0n) is 17.6. The highest BCUT2D eigenvalue weighted by Gasteiger charge is 2.41. The van der Waals surface area contributed by atoms with Gasteiger partial charge in [-0.3, -0.25) is 0 Å². The second-order valence-corrected chi connectivity index (χ2v) is 9.08. The number of nitrogens with zero attached hydrogens (tertiary/aromatic N) is 3. The van der Waals surface area contributed by atoms with E-state index in [1.165, 1.54) is 38.1 Å². The van der Waals surface area contributed by atoms with E-state index in [1.54, 1.807) is 16.8 Å². The van der Waals surface area contributed by atoms with Gasteiger partial charge in [-0.2, -0.15) is 5.10 Å². The minimum atomic E-state index is -0.817. The van der Waals surface area contributed by atoms with E-state index in [0.29, 0.717) is 11.8 Å². The van der Waals surface area contributed by atoms with Crippen molar-refractivity contribution in [2.24, 2.45) is 17.6 Å². The first-order valence-corrected chi connectivity index (χ1v) is 10.9. The lowest BCUT2D eigenvalue weighted by Gasteiger charge is -2.47. The number of halogens is 1. The third-order valence-corrected chi connectivity index (χ3v) is 6.98. The molecule has 1 aromatic heterocycles. The van der Waals surface area contributed by atoms with Crippen molar-refractivity contribution in [3.05, 3.63) is 60.0 Å². The maximum atomic E-state index is 13.3. The molecule has 3 aromatic rings. The first-order valence-electron chi connectivity index (χ1n) is 10.9. The van der Waals surface area contributed by atoms with Crippen LogP contribution < -0.4 is 5.73 Å². The summed E-state index contributed by atoms with van der Waals surface area (Å²) in [7, 11) is 0. The van der Waals surface area contributed by atoms with Gasteiger partial charge in [-0.25, -0.2) is 13.9 Å². The van der Waals surface area contributed by atoms with Crippen LogP contribution in [0.15, 0.2) is 48.7 Å². The molecular formula is C24H27FN4O2. The highest BCUT2D eigenvalue weighted by Crippen LogP contribution is 2.42. The number of rotatable bonds is 5. The van der Waals surface area contributed by atoms with Crippen LogP contribution in [-0.2, 0) is 10.3 Å². The zero-order chi connectivity index (χ0) is 21.6. The quantitative estimate of drug-likeness (QED) is 0.669. The molecule has 7 heteroatoms. The number of benzene rings is 2. The summed E-state index contributed by atoms with van der Waals surface area (Å²) < 4.78 is 20.7. The van der Waals surface area contributed by atoms with Gasteiger partial charge in [0, 0.05) is 18.1 Å². The number of amides is 1. The van der Waals surface area contributed by atoms with Crippen LogP contribution in [0, 0.1) is 17.7 Å². The van der Waals surface area contributed by atoms with Crippen molar-refractivity contribution in [2.45, 2.75) is 31.8 Å². The number of ether oxygens (including phenoxy) is 1. The molecule has 0 radical (unpaired) electrons. The van der Waals surface area contributed by atoms with Crippen molar-refractivity contribution < 1.29 is 13.9 Å². The van der Waals surface area contributed by atoms with E-state index in [4.69, 9.17) is 10.5 Å². The molecule has 4 heterocycles. The van der Waals surface area contributed by atoms with Crippen molar-refractivity contribution in [3.8, 4) is 5.69 Å². The van der Waals surface area contributed by atoms with Crippen LogP contribution in [0.5, 0.6) is 0 Å². The molecule has 3 aliphatic heterocycles. The molecule has 1 amide bonds. The molecule has 0 aliphatic carbocycles. The molecule has 3 fully saturated rings. The third-order valence-electron chi connectivity index (χ3n) is 6.98. The molecule has 2 aromatic carbocycles. The number of aromatic nitrogens is 2. The average molecular weight is 423 g/mol. The summed E-state index contributed by atoms with van der Waals surface area (Å²) in [6.07, 6.45) is 4.30. The minimum Gasteiger partial charge on any atom is -0.438 e. The van der Waals surface area contributed by atoms with Crippen molar-refractivity contribution in [1.29, 1.82) is 0 Å². The van der Waals surface area contributed by atoms with E-state index in [9.17, 15) is 9.18 Å². The van der Waals surface area contributed by atoms with E-state index in [-0.39, 0.29) is 5.82 Å². The number of hydrogen-bond acceptors (Lipinski definition) is 4. The van der Waals surface area contributed by atoms with Crippen LogP contribution in [0.25, 0.3) is 16.6 Å². The van der Waals surface area contributed by atoms with Gasteiger partial charge in [-0.1, -0.05) is 12.1 Å². The second-order valence-electron chi connectivity index (χ2n) is 9.08. The minimum absolute atomic E-state index is 0.283. The van der Waals surface area contributed by atoms with Gasteiger partial charge in [0.2, 0.25) is 0 Å². The maximum absolute atomic E-state index is 13.3. The Bertz CT molecular complexity index is 1100. The van der Waals surface area contributed by atoms with Gasteiger partial charge < -0.3 is 15.4 Å². The summed E-state index contributed by atoms with van der Waals surface area (Å²) in [6.45, 7) is 5.33. The van der Waals surface area contributed by atoms with Gasteiger partial charge in [-0.15, -0.1) is 0 Å². The Morgan fingerprint density at radius 1 is 1.23 bits per heavy atom. The Morgan fingerprint density at radius 2 is 1.97 bits per heavy atom. The van der Waals surface area contributed by atoms with E-state index < -0.39 is 11.7 Å². The van der Waals surface area contributed by atoms with Crippen LogP contribution in [0.4, 0.5) is 9.18 Å². The van der Waals surface area contributed by atoms with Crippen molar-refractivity contribution >= 4 is 17.0 Å². The molecule has 2 bridgehead atoms.